The highest BCUT2D eigenvalue weighted by Gasteiger charge is 2.48. The quantitative estimate of drug-likeness (QED) is 0.336. The minimum atomic E-state index is -1.14. The van der Waals surface area contributed by atoms with Gasteiger partial charge in [-0.25, -0.2) is 0 Å². The van der Waals surface area contributed by atoms with Gasteiger partial charge in [0.15, 0.2) is 0 Å². The van der Waals surface area contributed by atoms with Crippen LogP contribution in [-0.4, -0.2) is 17.7 Å². The highest BCUT2D eigenvalue weighted by Crippen LogP contribution is 2.37. The first-order chi connectivity index (χ1) is 13.1. The van der Waals surface area contributed by atoms with Crippen LogP contribution in [0.5, 0.6) is 5.75 Å². The third-order valence-electron chi connectivity index (χ3n) is 4.33. The molecule has 0 aliphatic carbocycles. The van der Waals surface area contributed by atoms with Gasteiger partial charge in [-0.1, -0.05) is 51.1 Å². The van der Waals surface area contributed by atoms with Crippen LogP contribution in [0, 0.1) is 8.99 Å². The Morgan fingerprint density at radius 3 is 2.00 bits per heavy atom. The van der Waals surface area contributed by atoms with Crippen LogP contribution in [0.25, 0.3) is 0 Å². The molecule has 1 saturated heterocycles. The molecule has 1 fully saturated rings. The number of halogens is 1. The first kappa shape index (κ1) is 22.2. The molecule has 1 aliphatic heterocycles. The van der Waals surface area contributed by atoms with E-state index >= 15 is 0 Å². The van der Waals surface area contributed by atoms with Crippen molar-refractivity contribution in [2.45, 2.75) is 46.5 Å². The minimum absolute atomic E-state index is 0.286. The zero-order valence-electron chi connectivity index (χ0n) is 16.5. The second-order valence-corrected chi connectivity index (χ2v) is 8.79. The van der Waals surface area contributed by atoms with Crippen LogP contribution in [0.2, 0.25) is 0 Å². The molecule has 0 saturated carbocycles. The summed E-state index contributed by atoms with van der Waals surface area (Å²) >= 11 is 2.28. The molecule has 5 nitrogen and oxygen atoms in total. The normalized spacial score (nSPS) is 15.6. The Balaban J connectivity index is 0.000000203. The van der Waals surface area contributed by atoms with E-state index in [1.165, 1.54) is 9.13 Å². The molecule has 150 valence electrons. The van der Waals surface area contributed by atoms with E-state index in [2.05, 4.69) is 34.7 Å². The molecule has 2 aromatic rings. The molecule has 0 spiro atoms. The fourth-order valence-corrected chi connectivity index (χ4v) is 2.58. The van der Waals surface area contributed by atoms with E-state index in [-0.39, 0.29) is 6.42 Å². The summed E-state index contributed by atoms with van der Waals surface area (Å²) < 4.78 is 16.9. The summed E-state index contributed by atoms with van der Waals surface area (Å²) in [6.07, 6.45) is -0.286. The first-order valence-corrected chi connectivity index (χ1v) is 10.0. The molecule has 1 heterocycles. The summed E-state index contributed by atoms with van der Waals surface area (Å²) in [6, 6.07) is 18.2. The van der Waals surface area contributed by atoms with E-state index in [1.54, 1.807) is 6.92 Å². The highest BCUT2D eigenvalue weighted by atomic mass is 127. The maximum absolute atomic E-state index is 11.0. The molecule has 3 rings (SSSR count). The van der Waals surface area contributed by atoms with Crippen molar-refractivity contribution in [3.63, 3.8) is 0 Å². The van der Waals surface area contributed by atoms with E-state index in [4.69, 9.17) is 14.2 Å². The van der Waals surface area contributed by atoms with Gasteiger partial charge in [0.25, 0.3) is 5.79 Å². The van der Waals surface area contributed by atoms with Crippen molar-refractivity contribution in [1.29, 1.82) is 0 Å². The number of hydrogen-bond donors (Lipinski definition) is 0. The summed E-state index contributed by atoms with van der Waals surface area (Å²) in [5.74, 6) is -1.26. The van der Waals surface area contributed by atoms with Crippen molar-refractivity contribution in [3.05, 3.63) is 63.7 Å². The highest BCUT2D eigenvalue weighted by molar-refractivity contribution is 14.1. The lowest BCUT2D eigenvalue weighted by Gasteiger charge is -2.41. The number of carbonyl (C=O) groups is 2. The van der Waals surface area contributed by atoms with Crippen molar-refractivity contribution < 1.29 is 23.8 Å². The lowest BCUT2D eigenvalue weighted by atomic mass is 9.86. The average molecular weight is 496 g/mol. The van der Waals surface area contributed by atoms with Gasteiger partial charge in [-0.05, 0) is 52.4 Å². The van der Waals surface area contributed by atoms with Crippen molar-refractivity contribution in [3.8, 4) is 5.75 Å². The molecule has 0 amide bonds. The number of benzene rings is 2. The Bertz CT molecular complexity index is 778. The van der Waals surface area contributed by atoms with Gasteiger partial charge in [0.05, 0.1) is 0 Å². The largest absolute Gasteiger partial charge is 0.489 e. The molecule has 0 atom stereocenters. The van der Waals surface area contributed by atoms with E-state index in [0.29, 0.717) is 6.61 Å². The van der Waals surface area contributed by atoms with Crippen LogP contribution in [0.3, 0.4) is 0 Å². The van der Waals surface area contributed by atoms with Crippen molar-refractivity contribution in [2.24, 2.45) is 5.41 Å². The first-order valence-electron chi connectivity index (χ1n) is 8.95. The van der Waals surface area contributed by atoms with Gasteiger partial charge in [0, 0.05) is 15.9 Å². The number of hydrogen-bond acceptors (Lipinski definition) is 5. The second-order valence-electron chi connectivity index (χ2n) is 7.55. The lowest BCUT2D eigenvalue weighted by molar-refractivity contribution is -0.269. The molecular formula is C22H25IO5. The van der Waals surface area contributed by atoms with Crippen LogP contribution in [0.4, 0.5) is 0 Å². The van der Waals surface area contributed by atoms with Gasteiger partial charge in [0.2, 0.25) is 0 Å². The SMILES string of the molecule is CC(C)(C)C1(C)OC(=O)CC(=O)O1.Ic1ccc(OCc2ccccc2)cc1. The van der Waals surface area contributed by atoms with Gasteiger partial charge in [0.1, 0.15) is 18.8 Å². The minimum Gasteiger partial charge on any atom is -0.489 e. The fraction of sp³-hybridized carbons (Fsp3) is 0.364. The van der Waals surface area contributed by atoms with E-state index in [1.807, 2.05) is 63.2 Å². The fourth-order valence-electron chi connectivity index (χ4n) is 2.22. The smallest absolute Gasteiger partial charge is 0.320 e. The maximum atomic E-state index is 11.0. The van der Waals surface area contributed by atoms with Gasteiger partial charge in [-0.15, -0.1) is 0 Å². The van der Waals surface area contributed by atoms with Gasteiger partial charge in [-0.2, -0.15) is 0 Å². The van der Waals surface area contributed by atoms with Gasteiger partial charge >= 0.3 is 11.9 Å². The van der Waals surface area contributed by atoms with E-state index in [9.17, 15) is 9.59 Å². The van der Waals surface area contributed by atoms with Gasteiger partial charge < -0.3 is 14.2 Å². The topological polar surface area (TPSA) is 61.8 Å². The van der Waals surface area contributed by atoms with Crippen molar-refractivity contribution in [1.82, 2.24) is 0 Å². The molecule has 0 unspecified atom stereocenters. The van der Waals surface area contributed by atoms with Crippen LogP contribution >= 0.6 is 22.6 Å². The van der Waals surface area contributed by atoms with Crippen molar-refractivity contribution in [2.75, 3.05) is 0 Å². The molecule has 6 heteroatoms. The Kier molecular flexibility index (Phi) is 7.46. The molecule has 0 radical (unpaired) electrons. The molecule has 0 bridgehead atoms. The number of ether oxygens (including phenoxy) is 3. The number of esters is 2. The molecule has 28 heavy (non-hydrogen) atoms. The number of carbonyl (C=O) groups excluding carboxylic acids is 2. The monoisotopic (exact) mass is 496 g/mol. The number of rotatable bonds is 3. The summed E-state index contributed by atoms with van der Waals surface area (Å²) in [7, 11) is 0. The Morgan fingerprint density at radius 1 is 0.964 bits per heavy atom. The molecular weight excluding hydrogens is 471 g/mol. The zero-order chi connectivity index (χ0) is 20.8. The zero-order valence-corrected chi connectivity index (χ0v) is 18.7. The van der Waals surface area contributed by atoms with E-state index < -0.39 is 23.1 Å². The standard InChI is InChI=1S/C13H11IO.C9H14O4/c14-12-6-8-13(9-7-12)15-10-11-4-2-1-3-5-11;1-8(2,3)9(4)12-6(10)5-7(11)13-9/h1-9H,10H2;5H2,1-4H3. The van der Waals surface area contributed by atoms with Crippen LogP contribution in [0.1, 0.15) is 39.7 Å². The number of cyclic esters (lactones) is 2. The van der Waals surface area contributed by atoms with Gasteiger partial charge in [-0.3, -0.25) is 9.59 Å². The van der Waals surface area contributed by atoms with Crippen molar-refractivity contribution >= 4 is 34.5 Å². The second kappa shape index (κ2) is 9.41. The predicted molar refractivity (Wildman–Crippen MR) is 115 cm³/mol. The average Bonchev–Trinajstić information content (AvgIpc) is 2.61. The Morgan fingerprint density at radius 2 is 1.50 bits per heavy atom. The lowest BCUT2D eigenvalue weighted by Crippen LogP contribution is -2.51. The summed E-state index contributed by atoms with van der Waals surface area (Å²) in [4.78, 5) is 22.0. The molecule has 0 aromatic heterocycles. The molecule has 1 aliphatic rings. The van der Waals surface area contributed by atoms with Crippen LogP contribution < -0.4 is 4.74 Å². The Hall–Kier alpha value is -2.09. The van der Waals surface area contributed by atoms with E-state index in [0.717, 1.165) is 5.75 Å². The van der Waals surface area contributed by atoms with Crippen LogP contribution in [-0.2, 0) is 25.7 Å². The summed E-state index contributed by atoms with van der Waals surface area (Å²) in [5, 5.41) is 0. The maximum Gasteiger partial charge on any atom is 0.320 e. The predicted octanol–water partition coefficient (Wildman–Crippen LogP) is 5.11. The Labute approximate surface area is 179 Å². The third kappa shape index (κ3) is 6.51. The molecule has 0 N–H and O–H groups in total. The molecule has 2 aromatic carbocycles. The third-order valence-corrected chi connectivity index (χ3v) is 5.05. The van der Waals surface area contributed by atoms with Crippen LogP contribution in [0.15, 0.2) is 54.6 Å². The summed E-state index contributed by atoms with van der Waals surface area (Å²) in [6.45, 7) is 7.76. The summed E-state index contributed by atoms with van der Waals surface area (Å²) in [5.41, 5.74) is 0.773.